The predicted octanol–water partition coefficient (Wildman–Crippen LogP) is 3.08. The van der Waals surface area contributed by atoms with E-state index in [0.29, 0.717) is 5.56 Å². The molecule has 0 aromatic heterocycles. The number of carbonyl (C=O) groups excluding carboxylic acids is 4. The Morgan fingerprint density at radius 2 is 1.61 bits per heavy atom. The smallest absolute Gasteiger partial charge is 0.336 e. The van der Waals surface area contributed by atoms with E-state index < -0.39 is 35.0 Å². The number of carbonyl (C=O) groups is 4. The Morgan fingerprint density at radius 3 is 2.16 bits per heavy atom. The molecular formula is C28H27ClN2O7. The van der Waals surface area contributed by atoms with Crippen LogP contribution in [0.15, 0.2) is 71.1 Å². The first-order chi connectivity index (χ1) is 18.2. The van der Waals surface area contributed by atoms with E-state index in [1.165, 1.54) is 19.2 Å². The predicted molar refractivity (Wildman–Crippen MR) is 139 cm³/mol. The number of Topliss-reactive ketones (excluding diaryl/α,β-unsaturated/α-hetero) is 2. The summed E-state index contributed by atoms with van der Waals surface area (Å²) in [5.41, 5.74) is 4.10. The molecule has 38 heavy (non-hydrogen) atoms. The van der Waals surface area contributed by atoms with Crippen LogP contribution in [-0.4, -0.2) is 56.0 Å². The molecule has 0 unspecified atom stereocenters. The van der Waals surface area contributed by atoms with Crippen LogP contribution in [-0.2, 0) is 23.8 Å². The maximum Gasteiger partial charge on any atom is 0.336 e. The van der Waals surface area contributed by atoms with Crippen molar-refractivity contribution in [1.82, 2.24) is 5.32 Å². The van der Waals surface area contributed by atoms with Crippen LogP contribution in [0.2, 0.25) is 5.02 Å². The highest BCUT2D eigenvalue weighted by Gasteiger charge is 2.60. The highest BCUT2D eigenvalue weighted by atomic mass is 35.5. The lowest BCUT2D eigenvalue weighted by Gasteiger charge is -2.38. The lowest BCUT2D eigenvalue weighted by Crippen LogP contribution is -2.53. The third-order valence-electron chi connectivity index (χ3n) is 6.52. The van der Waals surface area contributed by atoms with Crippen LogP contribution in [0.25, 0.3) is 0 Å². The second-order valence-electron chi connectivity index (χ2n) is 8.64. The molecule has 0 radical (unpaired) electrons. The number of hydrogen-bond donors (Lipinski definition) is 2. The van der Waals surface area contributed by atoms with E-state index >= 15 is 0 Å². The van der Waals surface area contributed by atoms with Gasteiger partial charge in [-0.1, -0.05) is 54.1 Å². The highest BCUT2D eigenvalue weighted by Crippen LogP contribution is 2.47. The number of rotatable bonds is 8. The number of halogens is 1. The largest absolute Gasteiger partial charge is 0.466 e. The van der Waals surface area contributed by atoms with E-state index in [0.717, 1.165) is 0 Å². The van der Waals surface area contributed by atoms with Gasteiger partial charge in [0.05, 0.1) is 43.1 Å². The van der Waals surface area contributed by atoms with Crippen LogP contribution in [0.1, 0.15) is 46.0 Å². The number of dihydropyridines is 1. The molecule has 0 spiro atoms. The lowest BCUT2D eigenvalue weighted by molar-refractivity contribution is -0.139. The number of benzene rings is 2. The Bertz CT molecular complexity index is 1360. The van der Waals surface area contributed by atoms with Crippen LogP contribution in [0, 0.1) is 0 Å². The van der Waals surface area contributed by atoms with Gasteiger partial charge in [-0.3, -0.25) is 9.59 Å². The average molecular weight is 539 g/mol. The van der Waals surface area contributed by atoms with Gasteiger partial charge in [0.25, 0.3) is 0 Å². The van der Waals surface area contributed by atoms with Gasteiger partial charge in [-0.05, 0) is 25.5 Å². The summed E-state index contributed by atoms with van der Waals surface area (Å²) in [4.78, 5) is 54.8. The maximum atomic E-state index is 14.0. The summed E-state index contributed by atoms with van der Waals surface area (Å²) >= 11 is 6.57. The van der Waals surface area contributed by atoms with E-state index in [4.69, 9.17) is 31.5 Å². The van der Waals surface area contributed by atoms with Gasteiger partial charge in [0.15, 0.2) is 0 Å². The minimum atomic E-state index is -2.27. The van der Waals surface area contributed by atoms with Crippen molar-refractivity contribution in [3.8, 4) is 0 Å². The van der Waals surface area contributed by atoms with E-state index in [1.54, 1.807) is 50.2 Å². The van der Waals surface area contributed by atoms with Crippen LogP contribution in [0.3, 0.4) is 0 Å². The van der Waals surface area contributed by atoms with Crippen molar-refractivity contribution in [2.45, 2.75) is 25.4 Å². The molecule has 3 N–H and O–H groups in total. The van der Waals surface area contributed by atoms with Gasteiger partial charge < -0.3 is 25.3 Å². The molecule has 0 saturated heterocycles. The first-order valence-corrected chi connectivity index (χ1v) is 12.4. The standard InChI is InChI=1S/C28H27ClN2O7/c1-4-37-27(35)22-21(18-11-7-8-12-19(18)29)20(26(34)36-3)15(2)31-23(22)28(38-14-13-30)24(32)16-9-5-6-10-17(16)25(28)33/h5-12,21,31H,4,13-14,30H2,1-3H3/t21-/m1/s1. The van der Waals surface area contributed by atoms with E-state index in [9.17, 15) is 19.2 Å². The zero-order valence-corrected chi connectivity index (χ0v) is 21.9. The van der Waals surface area contributed by atoms with Crippen LogP contribution >= 0.6 is 11.6 Å². The molecule has 10 heteroatoms. The first-order valence-electron chi connectivity index (χ1n) is 12.0. The van der Waals surface area contributed by atoms with Gasteiger partial charge in [-0.15, -0.1) is 0 Å². The molecule has 4 rings (SSSR count). The van der Waals surface area contributed by atoms with Gasteiger partial charge >= 0.3 is 11.9 Å². The number of hydrogen-bond acceptors (Lipinski definition) is 9. The SMILES string of the molecule is CCOC(=O)C1=C(C2(OCCN)C(=O)c3ccccc3C2=O)NC(C)=C(C(=O)OC)[C@H]1c1ccccc1Cl. The highest BCUT2D eigenvalue weighted by molar-refractivity contribution is 6.35. The molecule has 9 nitrogen and oxygen atoms in total. The number of nitrogens with two attached hydrogens (primary N) is 1. The summed E-state index contributed by atoms with van der Waals surface area (Å²) in [5, 5.41) is 3.23. The summed E-state index contributed by atoms with van der Waals surface area (Å²) in [6, 6.07) is 12.9. The topological polar surface area (TPSA) is 134 Å². The zero-order valence-electron chi connectivity index (χ0n) is 21.1. The van der Waals surface area contributed by atoms with Crippen LogP contribution in [0.4, 0.5) is 0 Å². The molecule has 0 bridgehead atoms. The van der Waals surface area contributed by atoms with Crippen molar-refractivity contribution in [2.75, 3.05) is 26.9 Å². The number of ether oxygens (including phenoxy) is 3. The number of methoxy groups -OCH3 is 1. The van der Waals surface area contributed by atoms with Crippen molar-refractivity contribution in [3.63, 3.8) is 0 Å². The van der Waals surface area contributed by atoms with Crippen molar-refractivity contribution >= 4 is 35.1 Å². The molecule has 2 aliphatic rings. The van der Waals surface area contributed by atoms with Crippen molar-refractivity contribution in [2.24, 2.45) is 5.73 Å². The maximum absolute atomic E-state index is 14.0. The quantitative estimate of drug-likeness (QED) is 0.384. The van der Waals surface area contributed by atoms with Gasteiger partial charge in [0.2, 0.25) is 17.2 Å². The second kappa shape index (κ2) is 10.9. The third kappa shape index (κ3) is 4.22. The molecule has 2 aromatic rings. The number of nitrogens with one attached hydrogen (secondary N) is 1. The fourth-order valence-corrected chi connectivity index (χ4v) is 5.18. The Hall–Kier alpha value is -3.79. The summed E-state index contributed by atoms with van der Waals surface area (Å²) in [7, 11) is 1.21. The molecular weight excluding hydrogens is 512 g/mol. The minimum absolute atomic E-state index is 0.00313. The Balaban J connectivity index is 2.11. The lowest BCUT2D eigenvalue weighted by atomic mass is 9.76. The summed E-state index contributed by atoms with van der Waals surface area (Å²) in [5.74, 6) is -4.06. The van der Waals surface area contributed by atoms with Crippen molar-refractivity contribution in [1.29, 1.82) is 0 Å². The summed E-state index contributed by atoms with van der Waals surface area (Å²) < 4.78 is 16.5. The van der Waals surface area contributed by atoms with Crippen LogP contribution < -0.4 is 11.1 Å². The average Bonchev–Trinajstić information content (AvgIpc) is 3.13. The molecule has 0 amide bonds. The summed E-state index contributed by atoms with van der Waals surface area (Å²) in [6.07, 6.45) is 0. The fraction of sp³-hybridized carbons (Fsp3) is 0.286. The van der Waals surface area contributed by atoms with E-state index in [1.807, 2.05) is 0 Å². The molecule has 2 aromatic carbocycles. The van der Waals surface area contributed by atoms with Gasteiger partial charge in [-0.25, -0.2) is 9.59 Å². The molecule has 0 fully saturated rings. The first kappa shape index (κ1) is 27.3. The second-order valence-corrected chi connectivity index (χ2v) is 9.05. The third-order valence-corrected chi connectivity index (χ3v) is 6.87. The normalized spacial score (nSPS) is 18.3. The van der Waals surface area contributed by atoms with Crippen LogP contribution in [0.5, 0.6) is 0 Å². The number of ketones is 2. The molecule has 0 saturated carbocycles. The van der Waals surface area contributed by atoms with Gasteiger partial charge in [0, 0.05) is 28.4 Å². The molecule has 198 valence electrons. The molecule has 1 atom stereocenters. The fourth-order valence-electron chi connectivity index (χ4n) is 4.94. The Labute approximate surface area is 224 Å². The number of allylic oxidation sites excluding steroid dienone is 1. The van der Waals surface area contributed by atoms with Gasteiger partial charge in [0.1, 0.15) is 0 Å². The molecule has 1 aliphatic carbocycles. The monoisotopic (exact) mass is 538 g/mol. The van der Waals surface area contributed by atoms with E-state index in [-0.39, 0.29) is 58.4 Å². The number of esters is 2. The minimum Gasteiger partial charge on any atom is -0.466 e. The Morgan fingerprint density at radius 1 is 1.00 bits per heavy atom. The van der Waals surface area contributed by atoms with Crippen molar-refractivity contribution in [3.05, 3.63) is 92.8 Å². The van der Waals surface area contributed by atoms with E-state index in [2.05, 4.69) is 5.32 Å². The van der Waals surface area contributed by atoms with Gasteiger partial charge in [-0.2, -0.15) is 0 Å². The number of fused-ring (bicyclic) bond motifs is 1. The molecule has 1 aliphatic heterocycles. The Kier molecular flexibility index (Phi) is 7.82. The zero-order chi connectivity index (χ0) is 27.6. The summed E-state index contributed by atoms with van der Waals surface area (Å²) in [6.45, 7) is 3.00. The van der Waals surface area contributed by atoms with Crippen molar-refractivity contribution < 1.29 is 33.4 Å². The molecule has 1 heterocycles.